The van der Waals surface area contributed by atoms with Crippen molar-refractivity contribution in [3.8, 4) is 17.0 Å². The molecule has 3 rings (SSSR count). The summed E-state index contributed by atoms with van der Waals surface area (Å²) >= 11 is 1.99. The Labute approximate surface area is 161 Å². The van der Waals surface area contributed by atoms with Crippen molar-refractivity contribution in [2.24, 2.45) is 0 Å². The van der Waals surface area contributed by atoms with Crippen molar-refractivity contribution >= 4 is 17.6 Å². The van der Waals surface area contributed by atoms with E-state index in [1.807, 2.05) is 30.1 Å². The third kappa shape index (κ3) is 4.50. The number of nitrogens with zero attached hydrogens (tertiary/aromatic N) is 3. The summed E-state index contributed by atoms with van der Waals surface area (Å²) in [5.41, 5.74) is 3.18. The number of aromatic nitrogens is 2. The van der Waals surface area contributed by atoms with Crippen LogP contribution in [0.25, 0.3) is 11.3 Å². The van der Waals surface area contributed by atoms with Gasteiger partial charge in [0.2, 0.25) is 0 Å². The number of anilines is 1. The SMILES string of the molecule is CCCCc1cnc(-c2ccc(OC)cc2)c(N2CCC(SC)CC2)n1. The van der Waals surface area contributed by atoms with Gasteiger partial charge in [0.25, 0.3) is 0 Å². The molecule has 1 saturated heterocycles. The van der Waals surface area contributed by atoms with E-state index in [1.165, 1.54) is 19.3 Å². The van der Waals surface area contributed by atoms with Crippen molar-refractivity contribution in [2.75, 3.05) is 31.4 Å². The van der Waals surface area contributed by atoms with Crippen molar-refractivity contribution in [3.05, 3.63) is 36.2 Å². The molecule has 0 aliphatic carbocycles. The molecule has 0 saturated carbocycles. The smallest absolute Gasteiger partial charge is 0.155 e. The van der Waals surface area contributed by atoms with Gasteiger partial charge in [-0.3, -0.25) is 4.98 Å². The highest BCUT2D eigenvalue weighted by atomic mass is 32.2. The third-order valence-electron chi connectivity index (χ3n) is 5.03. The minimum absolute atomic E-state index is 0.770. The van der Waals surface area contributed by atoms with Crippen LogP contribution in [0.5, 0.6) is 5.75 Å². The number of methoxy groups -OCH3 is 1. The molecular weight excluding hydrogens is 342 g/mol. The topological polar surface area (TPSA) is 38.2 Å². The van der Waals surface area contributed by atoms with Crippen LogP contribution in [-0.4, -0.2) is 41.7 Å². The van der Waals surface area contributed by atoms with Gasteiger partial charge in [-0.05, 0) is 56.2 Å². The second kappa shape index (κ2) is 9.26. The first-order valence-corrected chi connectivity index (χ1v) is 10.8. The van der Waals surface area contributed by atoms with E-state index in [0.717, 1.165) is 59.7 Å². The fraction of sp³-hybridized carbons (Fsp3) is 0.524. The Morgan fingerprint density at radius 2 is 1.92 bits per heavy atom. The summed E-state index contributed by atoms with van der Waals surface area (Å²) in [4.78, 5) is 12.3. The largest absolute Gasteiger partial charge is 0.497 e. The average molecular weight is 372 g/mol. The van der Waals surface area contributed by atoms with Crippen molar-refractivity contribution in [1.29, 1.82) is 0 Å². The highest BCUT2D eigenvalue weighted by Crippen LogP contribution is 2.32. The minimum Gasteiger partial charge on any atom is -0.497 e. The van der Waals surface area contributed by atoms with E-state index in [0.29, 0.717) is 0 Å². The van der Waals surface area contributed by atoms with E-state index in [4.69, 9.17) is 14.7 Å². The number of piperidine rings is 1. The molecule has 1 aromatic carbocycles. The van der Waals surface area contributed by atoms with E-state index in [1.54, 1.807) is 7.11 Å². The number of hydrogen-bond donors (Lipinski definition) is 0. The molecule has 26 heavy (non-hydrogen) atoms. The first-order valence-electron chi connectivity index (χ1n) is 9.53. The number of unbranched alkanes of at least 4 members (excludes halogenated alkanes) is 1. The molecule has 0 N–H and O–H groups in total. The van der Waals surface area contributed by atoms with Crippen LogP contribution in [0.3, 0.4) is 0 Å². The lowest BCUT2D eigenvalue weighted by molar-refractivity contribution is 0.415. The number of benzene rings is 1. The zero-order valence-electron chi connectivity index (χ0n) is 16.1. The van der Waals surface area contributed by atoms with Gasteiger partial charge in [0, 0.05) is 30.1 Å². The summed E-state index contributed by atoms with van der Waals surface area (Å²) in [6.45, 7) is 4.33. The summed E-state index contributed by atoms with van der Waals surface area (Å²) in [5.74, 6) is 1.91. The molecule has 1 aliphatic heterocycles. The minimum atomic E-state index is 0.770. The van der Waals surface area contributed by atoms with Gasteiger partial charge in [0.1, 0.15) is 11.4 Å². The molecule has 0 bridgehead atoms. The highest BCUT2D eigenvalue weighted by Gasteiger charge is 2.23. The molecule has 0 amide bonds. The molecule has 2 aromatic rings. The second-order valence-corrected chi connectivity index (χ2v) is 7.93. The Hall–Kier alpha value is -1.75. The molecule has 0 unspecified atom stereocenters. The Kier molecular flexibility index (Phi) is 6.78. The van der Waals surface area contributed by atoms with Crippen molar-refractivity contribution in [3.63, 3.8) is 0 Å². The molecule has 0 atom stereocenters. The van der Waals surface area contributed by atoms with Crippen LogP contribution in [0.1, 0.15) is 38.3 Å². The first-order chi connectivity index (χ1) is 12.7. The van der Waals surface area contributed by atoms with E-state index in [9.17, 15) is 0 Å². The summed E-state index contributed by atoms with van der Waals surface area (Å²) in [6, 6.07) is 8.14. The van der Waals surface area contributed by atoms with Gasteiger partial charge in [-0.25, -0.2) is 4.98 Å². The van der Waals surface area contributed by atoms with E-state index >= 15 is 0 Å². The van der Waals surface area contributed by atoms with E-state index < -0.39 is 0 Å². The molecule has 4 nitrogen and oxygen atoms in total. The first kappa shape index (κ1) is 19.0. The lowest BCUT2D eigenvalue weighted by atomic mass is 10.1. The van der Waals surface area contributed by atoms with Crippen LogP contribution in [-0.2, 0) is 6.42 Å². The molecule has 1 fully saturated rings. The maximum Gasteiger partial charge on any atom is 0.155 e. The summed E-state index contributed by atoms with van der Waals surface area (Å²) < 4.78 is 5.29. The quantitative estimate of drug-likeness (QED) is 0.697. The number of rotatable bonds is 7. The fourth-order valence-corrected chi connectivity index (χ4v) is 4.05. The molecule has 140 valence electrons. The summed E-state index contributed by atoms with van der Waals surface area (Å²) in [7, 11) is 1.69. The zero-order valence-corrected chi connectivity index (χ0v) is 16.9. The monoisotopic (exact) mass is 371 g/mol. The summed E-state index contributed by atoms with van der Waals surface area (Å²) in [5, 5.41) is 0.770. The van der Waals surface area contributed by atoms with Gasteiger partial charge in [0.15, 0.2) is 5.82 Å². The molecule has 2 heterocycles. The van der Waals surface area contributed by atoms with Gasteiger partial charge in [-0.2, -0.15) is 11.8 Å². The van der Waals surface area contributed by atoms with Crippen LogP contribution in [0.15, 0.2) is 30.5 Å². The average Bonchev–Trinajstić information content (AvgIpc) is 2.72. The lowest BCUT2D eigenvalue weighted by Crippen LogP contribution is -2.36. The van der Waals surface area contributed by atoms with Crippen molar-refractivity contribution in [2.45, 2.75) is 44.3 Å². The Morgan fingerprint density at radius 1 is 1.19 bits per heavy atom. The van der Waals surface area contributed by atoms with Gasteiger partial charge >= 0.3 is 0 Å². The standard InChI is InChI=1S/C21H29N3OS/c1-4-5-6-17-15-22-20(16-7-9-18(25-2)10-8-16)21(23-17)24-13-11-19(26-3)12-14-24/h7-10,15,19H,4-6,11-14H2,1-3H3. The Balaban J connectivity index is 1.91. The van der Waals surface area contributed by atoms with Gasteiger partial charge in [-0.15, -0.1) is 0 Å². The fourth-order valence-electron chi connectivity index (χ4n) is 3.37. The number of hydrogen-bond acceptors (Lipinski definition) is 5. The zero-order chi connectivity index (χ0) is 18.4. The number of aryl methyl sites for hydroxylation is 1. The molecule has 0 radical (unpaired) electrons. The van der Waals surface area contributed by atoms with Crippen molar-refractivity contribution < 1.29 is 4.74 Å². The summed E-state index contributed by atoms with van der Waals surface area (Å²) in [6.07, 6.45) is 9.93. The van der Waals surface area contributed by atoms with Crippen molar-refractivity contribution in [1.82, 2.24) is 9.97 Å². The molecular formula is C21H29N3OS. The predicted octanol–water partition coefficient (Wildman–Crippen LogP) is 4.83. The highest BCUT2D eigenvalue weighted by molar-refractivity contribution is 7.99. The maximum absolute atomic E-state index is 5.29. The number of thioether (sulfide) groups is 1. The van der Waals surface area contributed by atoms with Gasteiger partial charge < -0.3 is 9.64 Å². The van der Waals surface area contributed by atoms with Crippen LogP contribution < -0.4 is 9.64 Å². The Morgan fingerprint density at radius 3 is 2.54 bits per heavy atom. The predicted molar refractivity (Wildman–Crippen MR) is 111 cm³/mol. The number of ether oxygens (including phenoxy) is 1. The third-order valence-corrected chi connectivity index (χ3v) is 6.17. The van der Waals surface area contributed by atoms with Gasteiger partial charge in [0.05, 0.1) is 12.8 Å². The molecule has 1 aromatic heterocycles. The maximum atomic E-state index is 5.29. The van der Waals surface area contributed by atoms with Crippen LogP contribution in [0.4, 0.5) is 5.82 Å². The van der Waals surface area contributed by atoms with E-state index in [2.05, 4.69) is 30.2 Å². The van der Waals surface area contributed by atoms with Crippen LogP contribution in [0, 0.1) is 0 Å². The normalized spacial score (nSPS) is 15.3. The molecule has 1 aliphatic rings. The Bertz CT molecular complexity index is 697. The second-order valence-electron chi connectivity index (χ2n) is 6.79. The van der Waals surface area contributed by atoms with Gasteiger partial charge in [-0.1, -0.05) is 13.3 Å². The van der Waals surface area contributed by atoms with E-state index in [-0.39, 0.29) is 0 Å². The van der Waals surface area contributed by atoms with Crippen LogP contribution >= 0.6 is 11.8 Å². The molecule has 5 heteroatoms. The van der Waals surface area contributed by atoms with Crippen LogP contribution in [0.2, 0.25) is 0 Å². The lowest BCUT2D eigenvalue weighted by Gasteiger charge is -2.33. The molecule has 0 spiro atoms.